The highest BCUT2D eigenvalue weighted by atomic mass is 35.5. The molecule has 78 valence electrons. The molecule has 3 N–H and O–H groups in total. The molecular weight excluding hydrogens is 202 g/mol. The first-order valence-electron chi connectivity index (χ1n) is 4.38. The quantitative estimate of drug-likeness (QED) is 0.794. The van der Waals surface area contributed by atoms with Crippen molar-refractivity contribution in [3.8, 4) is 5.75 Å². The Labute approximate surface area is 88.4 Å². The second-order valence-corrected chi connectivity index (χ2v) is 3.46. The molecule has 0 heterocycles. The van der Waals surface area contributed by atoms with Gasteiger partial charge in [-0.25, -0.2) is 0 Å². The van der Waals surface area contributed by atoms with E-state index in [1.165, 1.54) is 0 Å². The van der Waals surface area contributed by atoms with Crippen molar-refractivity contribution in [3.05, 3.63) is 28.8 Å². The zero-order valence-corrected chi connectivity index (χ0v) is 8.79. The summed E-state index contributed by atoms with van der Waals surface area (Å²) >= 11 is 5.98. The predicted octanol–water partition coefficient (Wildman–Crippen LogP) is 1.21. The molecule has 3 nitrogen and oxygen atoms in total. The first-order chi connectivity index (χ1) is 6.67. The van der Waals surface area contributed by atoms with Crippen LogP contribution in [0.1, 0.15) is 5.56 Å². The van der Waals surface area contributed by atoms with Gasteiger partial charge in [0.1, 0.15) is 5.75 Å². The minimum absolute atomic E-state index is 0.238. The van der Waals surface area contributed by atoms with E-state index >= 15 is 0 Å². The molecule has 1 aromatic rings. The molecule has 1 aromatic carbocycles. The van der Waals surface area contributed by atoms with Gasteiger partial charge in [-0.1, -0.05) is 17.7 Å². The molecule has 0 amide bonds. The Bertz CT molecular complexity index is 304. The molecule has 0 fully saturated rings. The fourth-order valence-electron chi connectivity index (χ4n) is 1.16. The van der Waals surface area contributed by atoms with Crippen LogP contribution in [-0.4, -0.2) is 24.9 Å². The minimum Gasteiger partial charge on any atom is -0.497 e. The van der Waals surface area contributed by atoms with Crippen molar-refractivity contribution >= 4 is 11.6 Å². The predicted molar refractivity (Wildman–Crippen MR) is 56.8 cm³/mol. The van der Waals surface area contributed by atoms with Gasteiger partial charge in [0, 0.05) is 18.0 Å². The molecule has 0 aliphatic carbocycles. The third kappa shape index (κ3) is 2.87. The number of nitrogens with two attached hydrogens (primary N) is 1. The minimum atomic E-state index is -0.541. The highest BCUT2D eigenvalue weighted by Gasteiger charge is 2.07. The van der Waals surface area contributed by atoms with Crippen LogP contribution in [0.15, 0.2) is 18.2 Å². The van der Waals surface area contributed by atoms with Crippen LogP contribution in [0.25, 0.3) is 0 Å². The van der Waals surface area contributed by atoms with Gasteiger partial charge in [-0.05, 0) is 17.7 Å². The van der Waals surface area contributed by atoms with E-state index in [2.05, 4.69) is 0 Å². The third-order valence-electron chi connectivity index (χ3n) is 1.99. The van der Waals surface area contributed by atoms with Crippen molar-refractivity contribution in [2.24, 2.45) is 5.73 Å². The number of aliphatic hydroxyl groups excluding tert-OH is 1. The molecule has 4 heteroatoms. The van der Waals surface area contributed by atoms with Gasteiger partial charge < -0.3 is 15.6 Å². The van der Waals surface area contributed by atoms with E-state index < -0.39 is 6.10 Å². The van der Waals surface area contributed by atoms with Crippen LogP contribution in [0.3, 0.4) is 0 Å². The van der Waals surface area contributed by atoms with E-state index in [4.69, 9.17) is 22.1 Å². The van der Waals surface area contributed by atoms with E-state index in [1.807, 2.05) is 12.1 Å². The summed E-state index contributed by atoms with van der Waals surface area (Å²) in [6.45, 7) is 0.238. The van der Waals surface area contributed by atoms with Crippen LogP contribution >= 0.6 is 11.6 Å². The summed E-state index contributed by atoms with van der Waals surface area (Å²) in [7, 11) is 1.58. The van der Waals surface area contributed by atoms with Crippen LogP contribution in [0.2, 0.25) is 5.02 Å². The number of halogens is 1. The van der Waals surface area contributed by atoms with Crippen LogP contribution in [0.4, 0.5) is 0 Å². The summed E-state index contributed by atoms with van der Waals surface area (Å²) in [5.41, 5.74) is 6.19. The smallest absolute Gasteiger partial charge is 0.120 e. The Hall–Kier alpha value is -0.770. The number of rotatable bonds is 4. The van der Waals surface area contributed by atoms with Gasteiger partial charge in [-0.15, -0.1) is 0 Å². The SMILES string of the molecule is COc1ccc(CC(O)CN)c(Cl)c1. The summed E-state index contributed by atoms with van der Waals surface area (Å²) in [5.74, 6) is 0.709. The molecule has 0 aliphatic rings. The van der Waals surface area contributed by atoms with Crippen molar-refractivity contribution in [2.45, 2.75) is 12.5 Å². The second kappa shape index (κ2) is 5.20. The molecule has 1 atom stereocenters. The Morgan fingerprint density at radius 1 is 1.57 bits per heavy atom. The summed E-state index contributed by atoms with van der Waals surface area (Å²) in [5, 5.41) is 9.94. The number of benzene rings is 1. The molecule has 0 aliphatic heterocycles. The van der Waals surface area contributed by atoms with Gasteiger partial charge in [-0.2, -0.15) is 0 Å². The monoisotopic (exact) mass is 215 g/mol. The Balaban J connectivity index is 2.78. The zero-order valence-electron chi connectivity index (χ0n) is 8.03. The van der Waals surface area contributed by atoms with Gasteiger partial charge in [0.15, 0.2) is 0 Å². The highest BCUT2D eigenvalue weighted by molar-refractivity contribution is 6.31. The van der Waals surface area contributed by atoms with E-state index in [1.54, 1.807) is 13.2 Å². The Morgan fingerprint density at radius 3 is 2.79 bits per heavy atom. The average molecular weight is 216 g/mol. The molecule has 0 radical (unpaired) electrons. The first kappa shape index (κ1) is 11.3. The maximum absolute atomic E-state index is 9.35. The van der Waals surface area contributed by atoms with E-state index in [-0.39, 0.29) is 6.54 Å². The number of hydrogen-bond acceptors (Lipinski definition) is 3. The molecule has 1 unspecified atom stereocenters. The number of ether oxygens (including phenoxy) is 1. The maximum Gasteiger partial charge on any atom is 0.120 e. The van der Waals surface area contributed by atoms with Crippen LogP contribution < -0.4 is 10.5 Å². The topological polar surface area (TPSA) is 55.5 Å². The summed E-state index contributed by atoms with van der Waals surface area (Å²) in [4.78, 5) is 0. The number of methoxy groups -OCH3 is 1. The highest BCUT2D eigenvalue weighted by Crippen LogP contribution is 2.23. The van der Waals surface area contributed by atoms with Crippen molar-refractivity contribution in [3.63, 3.8) is 0 Å². The van der Waals surface area contributed by atoms with E-state index in [9.17, 15) is 5.11 Å². The fourth-order valence-corrected chi connectivity index (χ4v) is 1.41. The van der Waals surface area contributed by atoms with Crippen LogP contribution in [-0.2, 0) is 6.42 Å². The molecular formula is C10H14ClNO2. The van der Waals surface area contributed by atoms with Crippen LogP contribution in [0.5, 0.6) is 5.75 Å². The number of hydrogen-bond donors (Lipinski definition) is 2. The molecule has 14 heavy (non-hydrogen) atoms. The first-order valence-corrected chi connectivity index (χ1v) is 4.75. The summed E-state index contributed by atoms with van der Waals surface area (Å²) in [6, 6.07) is 5.37. The standard InChI is InChI=1S/C10H14ClNO2/c1-14-9-3-2-7(10(11)5-9)4-8(13)6-12/h2-3,5,8,13H,4,6,12H2,1H3. The lowest BCUT2D eigenvalue weighted by molar-refractivity contribution is 0.183. The van der Waals surface area contributed by atoms with Crippen LogP contribution in [0, 0.1) is 0 Å². The van der Waals surface area contributed by atoms with Crippen molar-refractivity contribution in [1.82, 2.24) is 0 Å². The number of aliphatic hydroxyl groups is 1. The van der Waals surface area contributed by atoms with Crippen molar-refractivity contribution in [1.29, 1.82) is 0 Å². The summed E-state index contributed by atoms with van der Waals surface area (Å²) in [6.07, 6.45) is -0.0693. The van der Waals surface area contributed by atoms with Gasteiger partial charge >= 0.3 is 0 Å². The van der Waals surface area contributed by atoms with Crippen molar-refractivity contribution in [2.75, 3.05) is 13.7 Å². The average Bonchev–Trinajstić information content (AvgIpc) is 2.20. The fraction of sp³-hybridized carbons (Fsp3) is 0.400. The zero-order chi connectivity index (χ0) is 10.6. The van der Waals surface area contributed by atoms with Gasteiger partial charge in [0.05, 0.1) is 13.2 Å². The second-order valence-electron chi connectivity index (χ2n) is 3.05. The lowest BCUT2D eigenvalue weighted by Gasteiger charge is -2.10. The molecule has 0 spiro atoms. The Kier molecular flexibility index (Phi) is 4.20. The van der Waals surface area contributed by atoms with Gasteiger partial charge in [-0.3, -0.25) is 0 Å². The molecule has 1 rings (SSSR count). The van der Waals surface area contributed by atoms with E-state index in [0.29, 0.717) is 17.2 Å². The molecule has 0 saturated heterocycles. The van der Waals surface area contributed by atoms with Gasteiger partial charge in [0.2, 0.25) is 0 Å². The third-order valence-corrected chi connectivity index (χ3v) is 2.34. The molecule has 0 bridgehead atoms. The summed E-state index contributed by atoms with van der Waals surface area (Å²) < 4.78 is 5.01. The maximum atomic E-state index is 9.35. The largest absolute Gasteiger partial charge is 0.497 e. The van der Waals surface area contributed by atoms with Gasteiger partial charge in [0.25, 0.3) is 0 Å². The lowest BCUT2D eigenvalue weighted by atomic mass is 10.1. The van der Waals surface area contributed by atoms with Crippen molar-refractivity contribution < 1.29 is 9.84 Å². The normalized spacial score (nSPS) is 12.6. The molecule has 0 saturated carbocycles. The lowest BCUT2D eigenvalue weighted by Crippen LogP contribution is -2.22. The van der Waals surface area contributed by atoms with E-state index in [0.717, 1.165) is 5.56 Å². The molecule has 0 aromatic heterocycles. The Morgan fingerprint density at radius 2 is 2.29 bits per heavy atom.